The van der Waals surface area contributed by atoms with E-state index in [2.05, 4.69) is 10.2 Å². The number of hydrogen-bond donors (Lipinski definition) is 2. The maximum Gasteiger partial charge on any atom is 0.159 e. The van der Waals surface area contributed by atoms with Crippen molar-refractivity contribution >= 4 is 0 Å². The van der Waals surface area contributed by atoms with Crippen molar-refractivity contribution < 1.29 is 18.3 Å². The number of β-amino-alcohol motifs (C(OH)–C–C–N with tert-alkyl or cyclic N) is 1. The van der Waals surface area contributed by atoms with E-state index in [0.29, 0.717) is 30.8 Å². The van der Waals surface area contributed by atoms with Gasteiger partial charge in [-0.3, -0.25) is 10.00 Å². The van der Waals surface area contributed by atoms with Gasteiger partial charge in [0.25, 0.3) is 0 Å². The largest absolute Gasteiger partial charge is 0.458 e. The zero-order chi connectivity index (χ0) is 17.4. The molecule has 2 atom stereocenters. The van der Waals surface area contributed by atoms with Crippen molar-refractivity contribution in [3.63, 3.8) is 0 Å². The molecule has 3 aromatic rings. The highest BCUT2D eigenvalue weighted by atomic mass is 19.2. The summed E-state index contributed by atoms with van der Waals surface area (Å²) in [5.41, 5.74) is 1.43. The molecular weight excluding hydrogens is 328 g/mol. The average Bonchev–Trinajstić information content (AvgIpc) is 3.31. The van der Waals surface area contributed by atoms with Crippen LogP contribution in [0.5, 0.6) is 0 Å². The molecule has 0 aliphatic carbocycles. The van der Waals surface area contributed by atoms with Gasteiger partial charge in [-0.05, 0) is 42.3 Å². The predicted molar refractivity (Wildman–Crippen MR) is 86.4 cm³/mol. The fraction of sp³-hybridized carbons (Fsp3) is 0.278. The number of benzene rings is 1. The van der Waals surface area contributed by atoms with E-state index in [9.17, 15) is 13.9 Å². The lowest BCUT2D eigenvalue weighted by Crippen LogP contribution is -2.24. The van der Waals surface area contributed by atoms with Crippen molar-refractivity contribution in [2.24, 2.45) is 0 Å². The third kappa shape index (κ3) is 3.20. The highest BCUT2D eigenvalue weighted by molar-refractivity contribution is 5.51. The van der Waals surface area contributed by atoms with Gasteiger partial charge in [0.05, 0.1) is 12.6 Å². The molecule has 3 heterocycles. The fourth-order valence-electron chi connectivity index (χ4n) is 3.32. The maximum absolute atomic E-state index is 13.6. The molecule has 1 aliphatic rings. The third-order valence-corrected chi connectivity index (χ3v) is 4.50. The van der Waals surface area contributed by atoms with E-state index in [1.807, 2.05) is 23.1 Å². The number of nitrogens with zero attached hydrogens (tertiary/aromatic N) is 2. The Balaban J connectivity index is 1.55. The molecule has 1 saturated heterocycles. The molecule has 4 rings (SSSR count). The molecule has 1 fully saturated rings. The summed E-state index contributed by atoms with van der Waals surface area (Å²) in [7, 11) is 0. The minimum absolute atomic E-state index is 0.189. The molecule has 25 heavy (non-hydrogen) atoms. The molecule has 2 aromatic heterocycles. The van der Waals surface area contributed by atoms with Gasteiger partial charge < -0.3 is 9.52 Å². The second-order valence-corrected chi connectivity index (χ2v) is 6.24. The van der Waals surface area contributed by atoms with Crippen LogP contribution in [0.15, 0.2) is 47.0 Å². The summed E-state index contributed by atoms with van der Waals surface area (Å²) in [4.78, 5) is 2.01. The first-order valence-electron chi connectivity index (χ1n) is 8.05. The topological polar surface area (TPSA) is 65.3 Å². The Morgan fingerprint density at radius 3 is 2.84 bits per heavy atom. The van der Waals surface area contributed by atoms with Crippen LogP contribution in [0.25, 0.3) is 11.5 Å². The van der Waals surface area contributed by atoms with E-state index in [-0.39, 0.29) is 6.04 Å². The van der Waals surface area contributed by atoms with Crippen molar-refractivity contribution in [2.45, 2.75) is 25.1 Å². The molecule has 0 radical (unpaired) electrons. The normalized spacial score (nSPS) is 21.1. The maximum atomic E-state index is 13.6. The summed E-state index contributed by atoms with van der Waals surface area (Å²) in [6, 6.07) is 9.22. The SMILES string of the molecule is O[C@@H]1C[C@H](c2ccc(F)c(F)c2)N(Cc2ccc(-c3ccn[nH]3)o2)C1. The second-order valence-electron chi connectivity index (χ2n) is 6.24. The third-order valence-electron chi connectivity index (χ3n) is 4.50. The number of rotatable bonds is 4. The van der Waals surface area contributed by atoms with Gasteiger partial charge in [-0.25, -0.2) is 8.78 Å². The number of furan rings is 1. The van der Waals surface area contributed by atoms with Gasteiger partial charge in [-0.2, -0.15) is 5.10 Å². The van der Waals surface area contributed by atoms with Gasteiger partial charge in [0.15, 0.2) is 17.4 Å². The number of aliphatic hydroxyl groups excluding tert-OH is 1. The van der Waals surface area contributed by atoms with Gasteiger partial charge >= 0.3 is 0 Å². The minimum Gasteiger partial charge on any atom is -0.458 e. The number of aromatic nitrogens is 2. The Kier molecular flexibility index (Phi) is 4.10. The molecule has 130 valence electrons. The molecule has 0 bridgehead atoms. The summed E-state index contributed by atoms with van der Waals surface area (Å²) in [5.74, 6) is -0.342. The van der Waals surface area contributed by atoms with Crippen LogP contribution in [0.4, 0.5) is 8.78 Å². The molecule has 0 saturated carbocycles. The van der Waals surface area contributed by atoms with Crippen LogP contribution in [0, 0.1) is 11.6 Å². The smallest absolute Gasteiger partial charge is 0.159 e. The molecule has 0 amide bonds. The number of aromatic amines is 1. The molecule has 1 aliphatic heterocycles. The molecule has 7 heteroatoms. The molecular formula is C18H17F2N3O2. The highest BCUT2D eigenvalue weighted by Crippen LogP contribution is 2.34. The Bertz CT molecular complexity index is 863. The van der Waals surface area contributed by atoms with Gasteiger partial charge in [0.1, 0.15) is 11.5 Å². The van der Waals surface area contributed by atoms with Crippen LogP contribution in [-0.4, -0.2) is 32.9 Å². The Hall–Kier alpha value is -2.51. The van der Waals surface area contributed by atoms with Crippen LogP contribution in [0.1, 0.15) is 23.8 Å². The summed E-state index contributed by atoms with van der Waals surface area (Å²) >= 11 is 0. The van der Waals surface area contributed by atoms with Crippen molar-refractivity contribution in [1.29, 1.82) is 0 Å². The van der Waals surface area contributed by atoms with Crippen LogP contribution in [0.2, 0.25) is 0 Å². The van der Waals surface area contributed by atoms with Gasteiger partial charge in [0, 0.05) is 18.8 Å². The highest BCUT2D eigenvalue weighted by Gasteiger charge is 2.33. The average molecular weight is 345 g/mol. The Morgan fingerprint density at radius 2 is 2.08 bits per heavy atom. The zero-order valence-corrected chi connectivity index (χ0v) is 13.3. The van der Waals surface area contributed by atoms with E-state index in [1.165, 1.54) is 6.07 Å². The lowest BCUT2D eigenvalue weighted by Gasteiger charge is -2.23. The summed E-state index contributed by atoms with van der Waals surface area (Å²) < 4.78 is 32.6. The Labute approximate surface area is 142 Å². The second kappa shape index (κ2) is 6.42. The summed E-state index contributed by atoms with van der Waals surface area (Å²) in [6.07, 6.45) is 1.60. The van der Waals surface area contributed by atoms with Crippen molar-refractivity contribution in [3.8, 4) is 11.5 Å². The monoisotopic (exact) mass is 345 g/mol. The molecule has 0 spiro atoms. The van der Waals surface area contributed by atoms with Gasteiger partial charge in [0.2, 0.25) is 0 Å². The van der Waals surface area contributed by atoms with Gasteiger partial charge in [-0.15, -0.1) is 0 Å². The van der Waals surface area contributed by atoms with E-state index >= 15 is 0 Å². The molecule has 0 unspecified atom stereocenters. The number of hydrogen-bond acceptors (Lipinski definition) is 4. The van der Waals surface area contributed by atoms with E-state index in [0.717, 1.165) is 17.5 Å². The standard InChI is InChI=1S/C18H17F2N3O2/c19-14-3-1-11(7-15(14)20)17-8-12(24)9-23(17)10-13-2-4-18(25-13)16-5-6-21-22-16/h1-7,12,17,24H,8-10H2,(H,21,22)/t12-,17-/m1/s1. The Morgan fingerprint density at radius 1 is 1.20 bits per heavy atom. The van der Waals surface area contributed by atoms with Crippen molar-refractivity contribution in [1.82, 2.24) is 15.1 Å². The molecule has 2 N–H and O–H groups in total. The lowest BCUT2D eigenvalue weighted by molar-refractivity contribution is 0.168. The summed E-state index contributed by atoms with van der Waals surface area (Å²) in [6.45, 7) is 0.915. The first-order chi connectivity index (χ1) is 12.1. The predicted octanol–water partition coefficient (Wildman–Crippen LogP) is 3.26. The van der Waals surface area contributed by atoms with E-state index in [4.69, 9.17) is 4.42 Å². The van der Waals surface area contributed by atoms with E-state index < -0.39 is 17.7 Å². The first kappa shape index (κ1) is 16.0. The minimum atomic E-state index is -0.877. The number of H-pyrrole nitrogens is 1. The molecule has 5 nitrogen and oxygen atoms in total. The van der Waals surface area contributed by atoms with Crippen molar-refractivity contribution in [3.05, 3.63) is 65.6 Å². The van der Waals surface area contributed by atoms with Crippen LogP contribution < -0.4 is 0 Å². The first-order valence-corrected chi connectivity index (χ1v) is 8.05. The number of likely N-dealkylation sites (tertiary alicyclic amines) is 1. The van der Waals surface area contributed by atoms with Crippen molar-refractivity contribution in [2.75, 3.05) is 6.54 Å². The number of nitrogens with one attached hydrogen (secondary N) is 1. The molecule has 1 aromatic carbocycles. The fourth-order valence-corrected chi connectivity index (χ4v) is 3.32. The lowest BCUT2D eigenvalue weighted by atomic mass is 10.0. The quantitative estimate of drug-likeness (QED) is 0.762. The summed E-state index contributed by atoms with van der Waals surface area (Å²) in [5, 5.41) is 16.8. The zero-order valence-electron chi connectivity index (χ0n) is 13.3. The van der Waals surface area contributed by atoms with Gasteiger partial charge in [-0.1, -0.05) is 6.07 Å². The van der Waals surface area contributed by atoms with E-state index in [1.54, 1.807) is 12.3 Å². The van der Waals surface area contributed by atoms with Crippen LogP contribution in [-0.2, 0) is 6.54 Å². The van der Waals surface area contributed by atoms with Crippen LogP contribution in [0.3, 0.4) is 0 Å². The number of aliphatic hydroxyl groups is 1. The van der Waals surface area contributed by atoms with Crippen LogP contribution >= 0.6 is 0 Å². The number of halogens is 2.